The number of anilines is 2. The predicted molar refractivity (Wildman–Crippen MR) is 298 cm³/mol. The van der Waals surface area contributed by atoms with E-state index in [1.807, 2.05) is 0 Å². The minimum atomic E-state index is -4.90. The SMILES string of the molecule is CCCCCCCC/C=C\CCCCCCCC(=O)OC(COC(=O)CCCCCCC/C=C/CCCCCCCC)COP(=O)([O-])OCCCC(=O)c1ccc(CN2C(=O)Cc3c(N)nc(OCCOC)nc32)cc1. The van der Waals surface area contributed by atoms with Gasteiger partial charge >= 0.3 is 17.9 Å². The van der Waals surface area contributed by atoms with Crippen molar-refractivity contribution in [1.29, 1.82) is 0 Å². The molecule has 2 heterocycles. The summed E-state index contributed by atoms with van der Waals surface area (Å²) in [7, 11) is -3.35. The molecule has 76 heavy (non-hydrogen) atoms. The second-order valence-corrected chi connectivity index (χ2v) is 21.4. The summed E-state index contributed by atoms with van der Waals surface area (Å²) in [5.74, 6) is -0.885. The largest absolute Gasteiger partial charge is 0.756 e. The van der Waals surface area contributed by atoms with Gasteiger partial charge in [-0.25, -0.2) is 0 Å². The minimum Gasteiger partial charge on any atom is -0.756 e. The number of Topliss-reactive ketones (excluding diaryl/α,β-unsaturated/α-hetero) is 1. The summed E-state index contributed by atoms with van der Waals surface area (Å²) < 4.78 is 44.6. The van der Waals surface area contributed by atoms with Crippen LogP contribution in [0.25, 0.3) is 0 Å². The molecule has 0 saturated carbocycles. The van der Waals surface area contributed by atoms with Gasteiger partial charge in [0.05, 0.1) is 32.8 Å². The van der Waals surface area contributed by atoms with Crippen LogP contribution in [0.4, 0.5) is 11.6 Å². The van der Waals surface area contributed by atoms with Gasteiger partial charge in [-0.1, -0.05) is 165 Å². The summed E-state index contributed by atoms with van der Waals surface area (Å²) >= 11 is 0. The number of benzene rings is 1. The lowest BCUT2D eigenvalue weighted by molar-refractivity contribution is -0.228. The lowest BCUT2D eigenvalue weighted by atomic mass is 10.0. The number of rotatable bonds is 48. The van der Waals surface area contributed by atoms with E-state index in [0.717, 1.165) is 82.6 Å². The molecular weight excluding hydrogens is 988 g/mol. The zero-order chi connectivity index (χ0) is 54.9. The van der Waals surface area contributed by atoms with Crippen LogP contribution in [0.3, 0.4) is 0 Å². The Bertz CT molecular complexity index is 2030. The van der Waals surface area contributed by atoms with Crippen LogP contribution in [0.5, 0.6) is 6.01 Å². The highest BCUT2D eigenvalue weighted by Crippen LogP contribution is 2.39. The van der Waals surface area contributed by atoms with Crippen LogP contribution in [-0.2, 0) is 55.2 Å². The highest BCUT2D eigenvalue weighted by atomic mass is 31.2. The zero-order valence-corrected chi connectivity index (χ0v) is 47.5. The molecule has 0 spiro atoms. The van der Waals surface area contributed by atoms with Gasteiger partial charge < -0.3 is 38.6 Å². The number of unbranched alkanes of at least 4 members (excludes halogenated alkanes) is 22. The zero-order valence-electron chi connectivity index (χ0n) is 46.6. The topological polar surface area (TPSA) is 219 Å². The normalized spacial score (nSPS) is 13.6. The fraction of sp³-hybridized carbons (Fsp3) is 0.695. The van der Waals surface area contributed by atoms with Gasteiger partial charge in [0.25, 0.3) is 7.82 Å². The van der Waals surface area contributed by atoms with E-state index in [0.29, 0.717) is 36.4 Å². The van der Waals surface area contributed by atoms with Crippen molar-refractivity contribution in [2.75, 3.05) is 50.8 Å². The molecule has 2 aromatic rings. The highest BCUT2D eigenvalue weighted by molar-refractivity contribution is 7.45. The number of nitrogens with two attached hydrogens (primary N) is 1. The Labute approximate surface area is 455 Å². The first-order valence-corrected chi connectivity index (χ1v) is 30.4. The van der Waals surface area contributed by atoms with Crippen LogP contribution in [-0.4, -0.2) is 79.8 Å². The number of carbonyl (C=O) groups is 4. The number of phosphoric acid groups is 1. The molecule has 0 fully saturated rings. The van der Waals surface area contributed by atoms with Gasteiger partial charge in [0.15, 0.2) is 11.9 Å². The molecule has 2 atom stereocenters. The maximum atomic E-state index is 13.0. The number of hydrogen-bond donors (Lipinski definition) is 1. The average molecular weight is 1080 g/mol. The number of amides is 1. The molecule has 428 valence electrons. The van der Waals surface area contributed by atoms with E-state index < -0.39 is 32.5 Å². The minimum absolute atomic E-state index is 0.0113. The summed E-state index contributed by atoms with van der Waals surface area (Å²) in [6, 6.07) is 6.78. The third-order valence-electron chi connectivity index (χ3n) is 13.2. The van der Waals surface area contributed by atoms with Gasteiger partial charge in [0.1, 0.15) is 24.8 Å². The average Bonchev–Trinajstić information content (AvgIpc) is 3.74. The smallest absolute Gasteiger partial charge is 0.320 e. The number of ether oxygens (including phenoxy) is 4. The van der Waals surface area contributed by atoms with Gasteiger partial charge in [-0.2, -0.15) is 9.97 Å². The third-order valence-corrected chi connectivity index (χ3v) is 14.2. The molecule has 16 nitrogen and oxygen atoms in total. The van der Waals surface area contributed by atoms with Crippen molar-refractivity contribution in [3.05, 3.63) is 65.3 Å². The van der Waals surface area contributed by atoms with Crippen LogP contribution in [0.2, 0.25) is 0 Å². The van der Waals surface area contributed by atoms with Crippen molar-refractivity contribution in [2.24, 2.45) is 0 Å². The maximum Gasteiger partial charge on any atom is 0.320 e. The van der Waals surface area contributed by atoms with Crippen LogP contribution in [0.1, 0.15) is 228 Å². The second kappa shape index (κ2) is 41.6. The summed E-state index contributed by atoms with van der Waals surface area (Å²) in [6.45, 7) is 3.92. The number of methoxy groups -OCH3 is 1. The van der Waals surface area contributed by atoms with Crippen molar-refractivity contribution in [1.82, 2.24) is 9.97 Å². The van der Waals surface area contributed by atoms with E-state index in [9.17, 15) is 28.6 Å². The van der Waals surface area contributed by atoms with E-state index >= 15 is 0 Å². The van der Waals surface area contributed by atoms with E-state index in [1.54, 1.807) is 31.4 Å². The number of hydrogen-bond acceptors (Lipinski definition) is 15. The van der Waals surface area contributed by atoms with Crippen LogP contribution in [0.15, 0.2) is 48.6 Å². The van der Waals surface area contributed by atoms with Gasteiger partial charge in [-0.15, -0.1) is 0 Å². The van der Waals surface area contributed by atoms with Gasteiger partial charge in [-0.3, -0.25) is 28.6 Å². The second-order valence-electron chi connectivity index (χ2n) is 20.0. The molecule has 17 heteroatoms. The Morgan fingerprint density at radius 2 is 1.18 bits per heavy atom. The molecule has 3 rings (SSSR count). The lowest BCUT2D eigenvalue weighted by Crippen LogP contribution is -2.30. The van der Waals surface area contributed by atoms with Gasteiger partial charge in [0, 0.05) is 37.5 Å². The first-order valence-electron chi connectivity index (χ1n) is 28.9. The molecule has 0 radical (unpaired) electrons. The van der Waals surface area contributed by atoms with Crippen LogP contribution >= 0.6 is 7.82 Å². The van der Waals surface area contributed by atoms with E-state index in [4.69, 9.17) is 33.7 Å². The summed E-state index contributed by atoms with van der Waals surface area (Å²) in [6.07, 6.45) is 38.0. The number of aromatic nitrogens is 2. The molecule has 1 aromatic carbocycles. The standard InChI is InChI=1S/C59H95N4O12P/c1-4-6-8-10-12-14-16-18-20-22-24-26-28-30-32-36-55(66)72-47-51(75-56(67)37-33-31-29-27-25-23-21-19-17-15-13-11-9-7-5-2)48-74-76(68,69)73-42-34-35-53(64)50-40-38-49(39-41-50)46-63-54(65)45-52-57(60)61-59(62-58(52)63)71-44-43-70-3/h18-21,38-41,51H,4-17,22-37,42-48H2,1-3H3,(H,68,69)(H2,60,61,62)/p-1/b20-18+,21-19-. The quantitative estimate of drug-likeness (QED) is 0.0214. The molecule has 1 amide bonds. The Hall–Kier alpha value is -4.47. The number of ketones is 1. The first kappa shape index (κ1) is 65.8. The molecule has 1 aromatic heterocycles. The van der Waals surface area contributed by atoms with Crippen molar-refractivity contribution >= 4 is 43.1 Å². The van der Waals surface area contributed by atoms with E-state index in [1.165, 1.54) is 81.9 Å². The van der Waals surface area contributed by atoms with Crippen LogP contribution < -0.4 is 20.3 Å². The number of fused-ring (bicyclic) bond motifs is 1. The number of allylic oxidation sites excluding steroid dienone is 4. The Morgan fingerprint density at radius 1 is 0.658 bits per heavy atom. The van der Waals surface area contributed by atoms with Crippen molar-refractivity contribution in [3.8, 4) is 6.01 Å². The molecule has 0 aliphatic carbocycles. The van der Waals surface area contributed by atoms with Crippen molar-refractivity contribution in [2.45, 2.75) is 226 Å². The highest BCUT2D eigenvalue weighted by Gasteiger charge is 2.32. The fourth-order valence-corrected chi connectivity index (χ4v) is 9.49. The Morgan fingerprint density at radius 3 is 1.74 bits per heavy atom. The molecular formula is C59H94N4O12P-. The molecule has 1 aliphatic heterocycles. The fourth-order valence-electron chi connectivity index (χ4n) is 8.71. The number of phosphoric ester groups is 1. The van der Waals surface area contributed by atoms with Crippen molar-refractivity contribution < 1.29 is 56.6 Å². The number of nitrogen functional groups attached to an aromatic ring is 1. The number of carbonyl (C=O) groups excluding carboxylic acids is 4. The summed E-state index contributed by atoms with van der Waals surface area (Å²) in [5.41, 5.74) is 7.78. The third kappa shape index (κ3) is 30.5. The lowest BCUT2D eigenvalue weighted by Gasteiger charge is -2.25. The van der Waals surface area contributed by atoms with Crippen molar-refractivity contribution in [3.63, 3.8) is 0 Å². The predicted octanol–water partition coefficient (Wildman–Crippen LogP) is 13.2. The number of nitrogens with zero attached hydrogens (tertiary/aromatic N) is 3. The molecule has 0 saturated heterocycles. The summed E-state index contributed by atoms with van der Waals surface area (Å²) in [5, 5.41) is 0. The first-order chi connectivity index (χ1) is 37.0. The molecule has 1 aliphatic rings. The van der Waals surface area contributed by atoms with Crippen LogP contribution in [0, 0.1) is 0 Å². The molecule has 0 bridgehead atoms. The van der Waals surface area contributed by atoms with E-state index in [2.05, 4.69) is 48.1 Å². The Kier molecular flexibility index (Phi) is 36.0. The number of esters is 2. The summed E-state index contributed by atoms with van der Waals surface area (Å²) in [4.78, 5) is 74.5. The molecule has 2 N–H and O–H groups in total. The maximum absolute atomic E-state index is 13.0. The Balaban J connectivity index is 1.40. The van der Waals surface area contributed by atoms with Gasteiger partial charge in [-0.05, 0) is 76.2 Å². The monoisotopic (exact) mass is 1080 g/mol. The molecule has 2 unspecified atom stereocenters. The van der Waals surface area contributed by atoms with Gasteiger partial charge in [0.2, 0.25) is 5.91 Å². The van der Waals surface area contributed by atoms with E-state index in [-0.39, 0.29) is 82.0 Å².